The lowest BCUT2D eigenvalue weighted by Gasteiger charge is -2.32. The molecular formula is C12H15BrF2N2O. The van der Waals surface area contributed by atoms with E-state index < -0.39 is 17.4 Å². The first kappa shape index (κ1) is 15.0. The topological polar surface area (TPSA) is 42.0 Å². The number of rotatable bonds is 3. The Bertz CT molecular complexity index is 470. The third kappa shape index (κ3) is 3.04. The van der Waals surface area contributed by atoms with E-state index in [1.807, 2.05) is 0 Å². The van der Waals surface area contributed by atoms with Gasteiger partial charge in [0.25, 0.3) is 11.8 Å². The molecule has 0 aliphatic rings. The Hall–Kier alpha value is -1.04. The van der Waals surface area contributed by atoms with E-state index in [0.29, 0.717) is 10.0 Å². The standard InChI is InChI=1S/C12H15BrF2N2O/c1-7-8(5-16-6-9(7)13)10(18)17-11(2,3)12(4,14)15/h5-6H,1-4H3,(H,17,18). The van der Waals surface area contributed by atoms with Crippen LogP contribution in [0, 0.1) is 6.92 Å². The fourth-order valence-corrected chi connectivity index (χ4v) is 1.52. The summed E-state index contributed by atoms with van der Waals surface area (Å²) in [6.07, 6.45) is 2.91. The molecule has 1 aromatic rings. The Morgan fingerprint density at radius 2 is 1.89 bits per heavy atom. The van der Waals surface area contributed by atoms with Gasteiger partial charge in [-0.05, 0) is 42.3 Å². The Morgan fingerprint density at radius 1 is 1.33 bits per heavy atom. The van der Waals surface area contributed by atoms with E-state index in [1.54, 1.807) is 13.1 Å². The number of carbonyl (C=O) groups excluding carboxylic acids is 1. The van der Waals surface area contributed by atoms with Crippen LogP contribution in [0.4, 0.5) is 8.78 Å². The molecule has 6 heteroatoms. The van der Waals surface area contributed by atoms with Crippen LogP contribution in [0.1, 0.15) is 36.7 Å². The van der Waals surface area contributed by atoms with Gasteiger partial charge < -0.3 is 5.32 Å². The molecule has 0 spiro atoms. The molecule has 0 atom stereocenters. The molecule has 1 rings (SSSR count). The fraction of sp³-hybridized carbons (Fsp3) is 0.500. The number of hydrogen-bond acceptors (Lipinski definition) is 2. The van der Waals surface area contributed by atoms with Crippen molar-refractivity contribution in [1.29, 1.82) is 0 Å². The van der Waals surface area contributed by atoms with Crippen molar-refractivity contribution in [2.24, 2.45) is 0 Å². The summed E-state index contributed by atoms with van der Waals surface area (Å²) in [7, 11) is 0. The van der Waals surface area contributed by atoms with Crippen molar-refractivity contribution in [2.75, 3.05) is 0 Å². The average molecular weight is 321 g/mol. The number of nitrogens with one attached hydrogen (secondary N) is 1. The maximum Gasteiger partial charge on any atom is 0.267 e. The van der Waals surface area contributed by atoms with Gasteiger partial charge in [0.1, 0.15) is 0 Å². The molecule has 1 heterocycles. The number of aromatic nitrogens is 1. The summed E-state index contributed by atoms with van der Waals surface area (Å²) >= 11 is 3.24. The van der Waals surface area contributed by atoms with Crippen LogP contribution in [-0.2, 0) is 0 Å². The van der Waals surface area contributed by atoms with Gasteiger partial charge in [-0.3, -0.25) is 9.78 Å². The predicted molar refractivity (Wildman–Crippen MR) is 68.8 cm³/mol. The molecule has 1 N–H and O–H groups in total. The highest BCUT2D eigenvalue weighted by Gasteiger charge is 2.43. The lowest BCUT2D eigenvalue weighted by Crippen LogP contribution is -2.55. The largest absolute Gasteiger partial charge is 0.341 e. The minimum Gasteiger partial charge on any atom is -0.341 e. The molecule has 0 saturated heterocycles. The van der Waals surface area contributed by atoms with Crippen molar-refractivity contribution in [1.82, 2.24) is 10.3 Å². The van der Waals surface area contributed by atoms with Crippen molar-refractivity contribution in [3.8, 4) is 0 Å². The van der Waals surface area contributed by atoms with Crippen molar-refractivity contribution in [3.05, 3.63) is 28.0 Å². The van der Waals surface area contributed by atoms with Gasteiger partial charge in [-0.15, -0.1) is 0 Å². The van der Waals surface area contributed by atoms with Crippen LogP contribution in [0.15, 0.2) is 16.9 Å². The van der Waals surface area contributed by atoms with Crippen LogP contribution >= 0.6 is 15.9 Å². The van der Waals surface area contributed by atoms with Gasteiger partial charge in [0.05, 0.1) is 11.1 Å². The summed E-state index contributed by atoms with van der Waals surface area (Å²) < 4.78 is 27.3. The molecule has 18 heavy (non-hydrogen) atoms. The highest BCUT2D eigenvalue weighted by atomic mass is 79.9. The number of nitrogens with zero attached hydrogens (tertiary/aromatic N) is 1. The quantitative estimate of drug-likeness (QED) is 0.928. The Morgan fingerprint density at radius 3 is 2.39 bits per heavy atom. The van der Waals surface area contributed by atoms with Gasteiger partial charge in [0.15, 0.2) is 0 Å². The zero-order valence-corrected chi connectivity index (χ0v) is 12.2. The van der Waals surface area contributed by atoms with Crippen LogP contribution in [0.5, 0.6) is 0 Å². The lowest BCUT2D eigenvalue weighted by atomic mass is 9.96. The third-order valence-corrected chi connectivity index (χ3v) is 3.72. The van der Waals surface area contributed by atoms with Crippen molar-refractivity contribution < 1.29 is 13.6 Å². The van der Waals surface area contributed by atoms with E-state index in [4.69, 9.17) is 0 Å². The first-order valence-corrected chi connectivity index (χ1v) is 6.16. The molecule has 1 aromatic heterocycles. The molecule has 1 amide bonds. The molecule has 0 aliphatic carbocycles. The minimum atomic E-state index is -3.02. The Kier molecular flexibility index (Phi) is 4.10. The molecule has 100 valence electrons. The SMILES string of the molecule is Cc1c(Br)cncc1C(=O)NC(C)(C)C(C)(F)F. The molecule has 0 radical (unpaired) electrons. The number of hydrogen-bond donors (Lipinski definition) is 1. The smallest absolute Gasteiger partial charge is 0.267 e. The normalized spacial score (nSPS) is 12.4. The second-order valence-electron chi connectivity index (χ2n) is 4.76. The first-order valence-electron chi connectivity index (χ1n) is 5.36. The summed E-state index contributed by atoms with van der Waals surface area (Å²) in [5, 5.41) is 2.33. The number of halogens is 3. The summed E-state index contributed by atoms with van der Waals surface area (Å²) in [6, 6.07) is 0. The third-order valence-electron chi connectivity index (χ3n) is 2.92. The summed E-state index contributed by atoms with van der Waals surface area (Å²) in [6.45, 7) is 5.06. The highest BCUT2D eigenvalue weighted by Crippen LogP contribution is 2.28. The molecular weight excluding hydrogens is 306 g/mol. The molecule has 3 nitrogen and oxygen atoms in total. The van der Waals surface area contributed by atoms with E-state index in [1.165, 1.54) is 20.0 Å². The van der Waals surface area contributed by atoms with Gasteiger partial charge in [0, 0.05) is 23.8 Å². The Balaban J connectivity index is 3.00. The van der Waals surface area contributed by atoms with E-state index in [9.17, 15) is 13.6 Å². The maximum absolute atomic E-state index is 13.3. The average Bonchev–Trinajstić information content (AvgIpc) is 2.19. The Labute approximate surface area is 113 Å². The lowest BCUT2D eigenvalue weighted by molar-refractivity contribution is -0.0547. The zero-order chi connectivity index (χ0) is 14.1. The fourth-order valence-electron chi connectivity index (χ4n) is 1.19. The molecule has 0 unspecified atom stereocenters. The van der Waals surface area contributed by atoms with Crippen molar-refractivity contribution in [2.45, 2.75) is 39.2 Å². The second kappa shape index (κ2) is 4.91. The summed E-state index contributed by atoms with van der Waals surface area (Å²) in [5.41, 5.74) is -0.682. The van der Waals surface area contributed by atoms with Crippen LogP contribution in [-0.4, -0.2) is 22.4 Å². The number of pyridine rings is 1. The highest BCUT2D eigenvalue weighted by molar-refractivity contribution is 9.10. The van der Waals surface area contributed by atoms with Crippen molar-refractivity contribution in [3.63, 3.8) is 0 Å². The van der Waals surface area contributed by atoms with E-state index >= 15 is 0 Å². The minimum absolute atomic E-state index is 0.279. The summed E-state index contributed by atoms with van der Waals surface area (Å²) in [4.78, 5) is 15.8. The zero-order valence-electron chi connectivity index (χ0n) is 10.6. The van der Waals surface area contributed by atoms with Gasteiger partial charge >= 0.3 is 0 Å². The van der Waals surface area contributed by atoms with Crippen molar-refractivity contribution >= 4 is 21.8 Å². The van der Waals surface area contributed by atoms with Crippen LogP contribution < -0.4 is 5.32 Å². The second-order valence-corrected chi connectivity index (χ2v) is 5.62. The maximum atomic E-state index is 13.3. The monoisotopic (exact) mass is 320 g/mol. The summed E-state index contributed by atoms with van der Waals surface area (Å²) in [5.74, 6) is -3.58. The first-order chi connectivity index (χ1) is 8.06. The van der Waals surface area contributed by atoms with E-state index in [-0.39, 0.29) is 5.56 Å². The molecule has 0 aromatic carbocycles. The molecule has 0 saturated carbocycles. The van der Waals surface area contributed by atoms with Gasteiger partial charge in [0.2, 0.25) is 0 Å². The van der Waals surface area contributed by atoms with E-state index in [2.05, 4.69) is 26.2 Å². The van der Waals surface area contributed by atoms with Crippen LogP contribution in [0.25, 0.3) is 0 Å². The number of amides is 1. The predicted octanol–water partition coefficient (Wildman–Crippen LogP) is 3.32. The van der Waals surface area contributed by atoms with Crippen LogP contribution in [0.3, 0.4) is 0 Å². The number of carbonyl (C=O) groups is 1. The molecule has 0 bridgehead atoms. The number of alkyl halides is 2. The van der Waals surface area contributed by atoms with Gasteiger partial charge in [-0.2, -0.15) is 0 Å². The van der Waals surface area contributed by atoms with Gasteiger partial charge in [-0.25, -0.2) is 8.78 Å². The van der Waals surface area contributed by atoms with E-state index in [0.717, 1.165) is 6.92 Å². The van der Waals surface area contributed by atoms with Gasteiger partial charge in [-0.1, -0.05) is 0 Å². The molecule has 0 fully saturated rings. The molecule has 0 aliphatic heterocycles. The van der Waals surface area contributed by atoms with Crippen LogP contribution in [0.2, 0.25) is 0 Å².